The lowest BCUT2D eigenvalue weighted by Crippen LogP contribution is -2.55. The van der Waals surface area contributed by atoms with Gasteiger partial charge in [-0.15, -0.1) is 0 Å². The lowest BCUT2D eigenvalue weighted by atomic mass is 9.94. The number of halogens is 1. The number of amides is 2. The minimum atomic E-state index is -0.145. The Morgan fingerprint density at radius 3 is 2.43 bits per heavy atom. The number of nitrogens with one attached hydrogen (secondary N) is 3. The van der Waals surface area contributed by atoms with Crippen LogP contribution >= 0.6 is 15.9 Å². The topological polar surface area (TPSA) is 77.2 Å². The summed E-state index contributed by atoms with van der Waals surface area (Å²) in [5.41, 5.74) is 7.44. The first kappa shape index (κ1) is 23.6. The van der Waals surface area contributed by atoms with Crippen molar-refractivity contribution >= 4 is 45.1 Å². The number of nitrogens with zero attached hydrogens (tertiary/aromatic N) is 1. The minimum absolute atomic E-state index is 0.0351. The van der Waals surface area contributed by atoms with Gasteiger partial charge in [-0.3, -0.25) is 9.59 Å². The number of rotatable bonds is 3. The van der Waals surface area contributed by atoms with E-state index in [2.05, 4.69) is 45.4 Å². The van der Waals surface area contributed by atoms with Gasteiger partial charge in [0, 0.05) is 52.3 Å². The molecule has 3 heterocycles. The Labute approximate surface area is 213 Å². The largest absolute Gasteiger partial charge is 0.358 e. The van der Waals surface area contributed by atoms with Gasteiger partial charge in [-0.25, -0.2) is 0 Å². The van der Waals surface area contributed by atoms with Crippen molar-refractivity contribution in [3.05, 3.63) is 75.0 Å². The summed E-state index contributed by atoms with van der Waals surface area (Å²) in [6.07, 6.45) is 1.88. The van der Waals surface area contributed by atoms with Gasteiger partial charge in [-0.05, 0) is 68.7 Å². The number of aryl methyl sites for hydroxylation is 1. The summed E-state index contributed by atoms with van der Waals surface area (Å²) in [7, 11) is 0. The lowest BCUT2D eigenvalue weighted by Gasteiger charge is -2.36. The summed E-state index contributed by atoms with van der Waals surface area (Å²) in [4.78, 5) is 31.8. The lowest BCUT2D eigenvalue weighted by molar-refractivity contribution is -0.110. The van der Waals surface area contributed by atoms with Crippen LogP contribution in [0.3, 0.4) is 0 Å². The highest BCUT2D eigenvalue weighted by molar-refractivity contribution is 9.10. The molecule has 5 rings (SSSR count). The van der Waals surface area contributed by atoms with E-state index >= 15 is 0 Å². The predicted octanol–water partition coefficient (Wildman–Crippen LogP) is 5.38. The SMILES string of the molecule is Cc1[nH]c(C=C2C(=O)Nc3cccc(-c4ccc(Br)cc4)c32)c(C)c1C(=O)N1CC(C)NC(C)C1. The first-order valence-corrected chi connectivity index (χ1v) is 12.7. The highest BCUT2D eigenvalue weighted by Crippen LogP contribution is 2.41. The number of anilines is 1. The van der Waals surface area contributed by atoms with Gasteiger partial charge in [0.15, 0.2) is 0 Å². The molecule has 3 aromatic rings. The average Bonchev–Trinajstić information content (AvgIpc) is 3.28. The fourth-order valence-electron chi connectivity index (χ4n) is 5.29. The van der Waals surface area contributed by atoms with Gasteiger partial charge >= 0.3 is 0 Å². The Morgan fingerprint density at radius 1 is 1.06 bits per heavy atom. The van der Waals surface area contributed by atoms with Crippen LogP contribution in [0.25, 0.3) is 22.8 Å². The van der Waals surface area contributed by atoms with E-state index in [4.69, 9.17) is 0 Å². The third-order valence-corrected chi connectivity index (χ3v) is 7.33. The zero-order valence-corrected chi connectivity index (χ0v) is 21.9. The summed E-state index contributed by atoms with van der Waals surface area (Å²) in [6.45, 7) is 9.43. The van der Waals surface area contributed by atoms with Gasteiger partial charge in [0.05, 0.1) is 11.1 Å². The Morgan fingerprint density at radius 2 is 1.74 bits per heavy atom. The minimum Gasteiger partial charge on any atom is -0.358 e. The second kappa shape index (κ2) is 9.13. The molecule has 2 amide bonds. The molecule has 0 bridgehead atoms. The zero-order valence-electron chi connectivity index (χ0n) is 20.3. The summed E-state index contributed by atoms with van der Waals surface area (Å²) in [6, 6.07) is 14.5. The van der Waals surface area contributed by atoms with Crippen molar-refractivity contribution in [2.45, 2.75) is 39.8 Å². The molecule has 1 saturated heterocycles. The maximum absolute atomic E-state index is 13.5. The van der Waals surface area contributed by atoms with Crippen molar-refractivity contribution in [3.8, 4) is 11.1 Å². The highest BCUT2D eigenvalue weighted by Gasteiger charge is 2.31. The molecule has 1 fully saturated rings. The number of H-pyrrole nitrogens is 1. The molecular formula is C28H29BrN4O2. The molecule has 3 N–H and O–H groups in total. The van der Waals surface area contributed by atoms with Gasteiger partial charge in [0.25, 0.3) is 11.8 Å². The molecule has 0 radical (unpaired) electrons. The van der Waals surface area contributed by atoms with Crippen LogP contribution in [0.2, 0.25) is 0 Å². The molecule has 6 nitrogen and oxygen atoms in total. The summed E-state index contributed by atoms with van der Waals surface area (Å²) in [5.74, 6) is -0.109. The Bertz CT molecular complexity index is 1350. The zero-order chi connectivity index (χ0) is 24.9. The molecule has 35 heavy (non-hydrogen) atoms. The van der Waals surface area contributed by atoms with E-state index in [0.29, 0.717) is 24.2 Å². The summed E-state index contributed by atoms with van der Waals surface area (Å²) >= 11 is 3.49. The fraction of sp³-hybridized carbons (Fsp3) is 0.286. The van der Waals surface area contributed by atoms with Crippen molar-refractivity contribution in [1.82, 2.24) is 15.2 Å². The first-order chi connectivity index (χ1) is 16.7. The van der Waals surface area contributed by atoms with Crippen LogP contribution in [-0.4, -0.2) is 46.9 Å². The van der Waals surface area contributed by atoms with E-state index in [0.717, 1.165) is 43.8 Å². The normalized spacial score (nSPS) is 20.8. The number of hydrogen-bond donors (Lipinski definition) is 3. The maximum Gasteiger partial charge on any atom is 0.256 e. The van der Waals surface area contributed by atoms with Crippen LogP contribution in [0.1, 0.15) is 46.7 Å². The molecule has 2 unspecified atom stereocenters. The van der Waals surface area contributed by atoms with E-state index in [9.17, 15) is 9.59 Å². The van der Waals surface area contributed by atoms with Gasteiger partial charge in [-0.1, -0.05) is 40.2 Å². The molecule has 0 saturated carbocycles. The Balaban J connectivity index is 1.55. The van der Waals surface area contributed by atoms with Gasteiger partial charge in [0.1, 0.15) is 0 Å². The van der Waals surface area contributed by atoms with E-state index in [1.807, 2.05) is 67.3 Å². The van der Waals surface area contributed by atoms with E-state index in [1.165, 1.54) is 0 Å². The van der Waals surface area contributed by atoms with Crippen LogP contribution in [-0.2, 0) is 4.79 Å². The highest BCUT2D eigenvalue weighted by atomic mass is 79.9. The molecule has 2 atom stereocenters. The molecule has 2 aliphatic rings. The van der Waals surface area contributed by atoms with Crippen LogP contribution in [0.15, 0.2) is 46.9 Å². The third kappa shape index (κ3) is 4.34. The van der Waals surface area contributed by atoms with Crippen molar-refractivity contribution in [3.63, 3.8) is 0 Å². The molecule has 180 valence electrons. The first-order valence-electron chi connectivity index (χ1n) is 11.9. The van der Waals surface area contributed by atoms with Crippen molar-refractivity contribution in [2.75, 3.05) is 18.4 Å². The molecule has 7 heteroatoms. The molecule has 2 aromatic carbocycles. The maximum atomic E-state index is 13.5. The van der Waals surface area contributed by atoms with E-state index in [-0.39, 0.29) is 23.9 Å². The number of aromatic amines is 1. The smallest absolute Gasteiger partial charge is 0.256 e. The van der Waals surface area contributed by atoms with E-state index < -0.39 is 0 Å². The van der Waals surface area contributed by atoms with Crippen LogP contribution in [0.5, 0.6) is 0 Å². The second-order valence-corrected chi connectivity index (χ2v) is 10.5. The predicted molar refractivity (Wildman–Crippen MR) is 144 cm³/mol. The summed E-state index contributed by atoms with van der Waals surface area (Å²) < 4.78 is 1.00. The molecule has 0 spiro atoms. The number of carbonyl (C=O) groups is 2. The standard InChI is InChI=1S/C28H29BrN4O2/c1-15-13-33(14-16(2)30-15)28(35)25-17(3)24(31-18(25)4)12-22-26-21(19-8-10-20(29)11-9-19)6-5-7-23(26)32-27(22)34/h5-12,15-16,30-31H,13-14H2,1-4H3,(H,32,34). The third-order valence-electron chi connectivity index (χ3n) is 6.81. The molecular weight excluding hydrogens is 504 g/mol. The number of piperazine rings is 1. The Hall–Kier alpha value is -3.16. The molecule has 2 aliphatic heterocycles. The van der Waals surface area contributed by atoms with Crippen molar-refractivity contribution < 1.29 is 9.59 Å². The number of hydrogen-bond acceptors (Lipinski definition) is 3. The summed E-state index contributed by atoms with van der Waals surface area (Å²) in [5, 5.41) is 6.48. The monoisotopic (exact) mass is 532 g/mol. The molecule has 0 aliphatic carbocycles. The number of benzene rings is 2. The van der Waals surface area contributed by atoms with Gasteiger partial charge in [-0.2, -0.15) is 0 Å². The van der Waals surface area contributed by atoms with Crippen LogP contribution in [0.4, 0.5) is 5.69 Å². The van der Waals surface area contributed by atoms with Gasteiger partial charge in [0.2, 0.25) is 0 Å². The van der Waals surface area contributed by atoms with Crippen LogP contribution in [0, 0.1) is 13.8 Å². The molecule has 1 aromatic heterocycles. The average molecular weight is 533 g/mol. The van der Waals surface area contributed by atoms with Crippen LogP contribution < -0.4 is 10.6 Å². The number of fused-ring (bicyclic) bond motifs is 1. The fourth-order valence-corrected chi connectivity index (χ4v) is 5.56. The second-order valence-electron chi connectivity index (χ2n) is 9.59. The number of aromatic nitrogens is 1. The Kier molecular flexibility index (Phi) is 6.15. The van der Waals surface area contributed by atoms with Crippen molar-refractivity contribution in [1.29, 1.82) is 0 Å². The quantitative estimate of drug-likeness (QED) is 0.396. The van der Waals surface area contributed by atoms with E-state index in [1.54, 1.807) is 0 Å². The number of carbonyl (C=O) groups excluding carboxylic acids is 2. The van der Waals surface area contributed by atoms with Gasteiger partial charge < -0.3 is 20.5 Å². The van der Waals surface area contributed by atoms with Crippen molar-refractivity contribution in [2.24, 2.45) is 0 Å².